The van der Waals surface area contributed by atoms with Crippen molar-refractivity contribution in [1.82, 2.24) is 10.2 Å². The fourth-order valence-electron chi connectivity index (χ4n) is 2.39. The van der Waals surface area contributed by atoms with Gasteiger partial charge >= 0.3 is 12.1 Å². The second-order valence-electron chi connectivity index (χ2n) is 5.21. The van der Waals surface area contributed by atoms with Crippen LogP contribution in [-0.4, -0.2) is 52.6 Å². The van der Waals surface area contributed by atoms with Gasteiger partial charge in [-0.05, 0) is 19.3 Å². The number of carbonyl (C=O) groups excluding carboxylic acids is 2. The first-order valence-corrected chi connectivity index (χ1v) is 7.05. The van der Waals surface area contributed by atoms with Crippen molar-refractivity contribution in [3.05, 3.63) is 0 Å². The van der Waals surface area contributed by atoms with Crippen LogP contribution in [0.5, 0.6) is 0 Å². The SMILES string of the molecule is CCCC(=O)N1CCCC1C(=O)NC(CC(F)(F)F)C(=O)O. The first-order valence-electron chi connectivity index (χ1n) is 7.05. The third kappa shape index (κ3) is 5.19. The van der Waals surface area contributed by atoms with Crippen LogP contribution in [0.15, 0.2) is 0 Å². The van der Waals surface area contributed by atoms with Gasteiger partial charge in [-0.3, -0.25) is 9.59 Å². The van der Waals surface area contributed by atoms with Crippen LogP contribution in [0.25, 0.3) is 0 Å². The van der Waals surface area contributed by atoms with E-state index in [0.29, 0.717) is 25.8 Å². The molecule has 9 heteroatoms. The summed E-state index contributed by atoms with van der Waals surface area (Å²) in [5.41, 5.74) is 0. The van der Waals surface area contributed by atoms with Gasteiger partial charge in [-0.15, -0.1) is 0 Å². The molecular formula is C13H19F3N2O4. The summed E-state index contributed by atoms with van der Waals surface area (Å²) in [5.74, 6) is -2.85. The highest BCUT2D eigenvalue weighted by Crippen LogP contribution is 2.23. The van der Waals surface area contributed by atoms with E-state index in [2.05, 4.69) is 0 Å². The lowest BCUT2D eigenvalue weighted by molar-refractivity contribution is -0.160. The molecule has 2 N–H and O–H groups in total. The molecule has 1 rings (SSSR count). The molecule has 0 aromatic rings. The van der Waals surface area contributed by atoms with Crippen LogP contribution in [0.1, 0.15) is 39.0 Å². The molecule has 1 aliphatic rings. The Hall–Kier alpha value is -1.80. The molecule has 0 aromatic carbocycles. The maximum atomic E-state index is 12.3. The quantitative estimate of drug-likeness (QED) is 0.771. The summed E-state index contributed by atoms with van der Waals surface area (Å²) in [6, 6.07) is -2.94. The van der Waals surface area contributed by atoms with Gasteiger partial charge in [-0.1, -0.05) is 6.92 Å². The number of alkyl halides is 3. The lowest BCUT2D eigenvalue weighted by Crippen LogP contribution is -2.51. The highest BCUT2D eigenvalue weighted by molar-refractivity contribution is 5.90. The van der Waals surface area contributed by atoms with E-state index in [1.165, 1.54) is 4.90 Å². The minimum absolute atomic E-state index is 0.245. The van der Waals surface area contributed by atoms with Crippen molar-refractivity contribution in [2.24, 2.45) is 0 Å². The van der Waals surface area contributed by atoms with Crippen molar-refractivity contribution in [2.45, 2.75) is 57.3 Å². The number of hydrogen-bond acceptors (Lipinski definition) is 3. The number of halogens is 3. The number of likely N-dealkylation sites (tertiary alicyclic amines) is 1. The molecule has 2 unspecified atom stereocenters. The molecule has 1 fully saturated rings. The molecule has 0 aliphatic carbocycles. The molecule has 0 bridgehead atoms. The number of nitrogens with zero attached hydrogens (tertiary/aromatic N) is 1. The lowest BCUT2D eigenvalue weighted by atomic mass is 10.1. The summed E-state index contributed by atoms with van der Waals surface area (Å²) in [7, 11) is 0. The monoisotopic (exact) mass is 324 g/mol. The third-order valence-corrected chi connectivity index (χ3v) is 3.39. The van der Waals surface area contributed by atoms with Gasteiger partial charge in [-0.25, -0.2) is 4.79 Å². The smallest absolute Gasteiger partial charge is 0.391 e. The van der Waals surface area contributed by atoms with Gasteiger partial charge in [-0.2, -0.15) is 13.2 Å². The van der Waals surface area contributed by atoms with E-state index in [1.54, 1.807) is 6.92 Å². The minimum atomic E-state index is -4.70. The molecule has 1 saturated heterocycles. The zero-order valence-electron chi connectivity index (χ0n) is 12.2. The van der Waals surface area contributed by atoms with Crippen LogP contribution in [0.3, 0.4) is 0 Å². The van der Waals surface area contributed by atoms with E-state index in [0.717, 1.165) is 0 Å². The third-order valence-electron chi connectivity index (χ3n) is 3.39. The van der Waals surface area contributed by atoms with Crippen molar-refractivity contribution in [3.8, 4) is 0 Å². The zero-order chi connectivity index (χ0) is 16.9. The predicted molar refractivity (Wildman–Crippen MR) is 69.9 cm³/mol. The Morgan fingerprint density at radius 1 is 1.36 bits per heavy atom. The van der Waals surface area contributed by atoms with Crippen molar-refractivity contribution in [2.75, 3.05) is 6.54 Å². The summed E-state index contributed by atoms with van der Waals surface area (Å²) >= 11 is 0. The molecule has 0 radical (unpaired) electrons. The first-order chi connectivity index (χ1) is 10.2. The van der Waals surface area contributed by atoms with Crippen molar-refractivity contribution >= 4 is 17.8 Å². The maximum absolute atomic E-state index is 12.3. The first kappa shape index (κ1) is 18.2. The van der Waals surface area contributed by atoms with Gasteiger partial charge in [0.1, 0.15) is 12.1 Å². The van der Waals surface area contributed by atoms with E-state index in [9.17, 15) is 27.6 Å². The van der Waals surface area contributed by atoms with Gasteiger partial charge in [0.15, 0.2) is 0 Å². The molecule has 126 valence electrons. The van der Waals surface area contributed by atoms with E-state index in [-0.39, 0.29) is 12.3 Å². The lowest BCUT2D eigenvalue weighted by Gasteiger charge is -2.25. The summed E-state index contributed by atoms with van der Waals surface area (Å²) < 4.78 is 37.0. The fraction of sp³-hybridized carbons (Fsp3) is 0.769. The fourth-order valence-corrected chi connectivity index (χ4v) is 2.39. The predicted octanol–water partition coefficient (Wildman–Crippen LogP) is 1.30. The molecule has 22 heavy (non-hydrogen) atoms. The van der Waals surface area contributed by atoms with Crippen LogP contribution in [-0.2, 0) is 14.4 Å². The number of carboxylic acids is 1. The number of rotatable bonds is 6. The molecule has 6 nitrogen and oxygen atoms in total. The van der Waals surface area contributed by atoms with Crippen molar-refractivity contribution in [3.63, 3.8) is 0 Å². The van der Waals surface area contributed by atoms with Gasteiger partial charge in [0.05, 0.1) is 6.42 Å². The molecule has 0 saturated carbocycles. The van der Waals surface area contributed by atoms with Crippen LogP contribution >= 0.6 is 0 Å². The number of carboxylic acid groups (broad SMARTS) is 1. The molecule has 1 heterocycles. The largest absolute Gasteiger partial charge is 0.480 e. The molecule has 0 spiro atoms. The Kier molecular flexibility index (Phi) is 6.19. The Balaban J connectivity index is 2.72. The topological polar surface area (TPSA) is 86.7 Å². The van der Waals surface area contributed by atoms with Gasteiger partial charge in [0.2, 0.25) is 11.8 Å². The average molecular weight is 324 g/mol. The Labute approximate surface area is 125 Å². The number of hydrogen-bond donors (Lipinski definition) is 2. The standard InChI is InChI=1S/C13H19F3N2O4/c1-2-4-10(19)18-6-3-5-9(18)11(20)17-8(12(21)22)7-13(14,15)16/h8-9H,2-7H2,1H3,(H,17,20)(H,21,22). The highest BCUT2D eigenvalue weighted by atomic mass is 19.4. The normalized spacial score (nSPS) is 19.8. The maximum Gasteiger partial charge on any atom is 0.391 e. The minimum Gasteiger partial charge on any atom is -0.480 e. The van der Waals surface area contributed by atoms with Crippen molar-refractivity contribution in [1.29, 1.82) is 0 Å². The van der Waals surface area contributed by atoms with Gasteiger partial charge < -0.3 is 15.3 Å². The number of nitrogens with one attached hydrogen (secondary N) is 1. The second kappa shape index (κ2) is 7.46. The molecule has 2 atom stereocenters. The number of amides is 2. The van der Waals surface area contributed by atoms with E-state index in [1.807, 2.05) is 5.32 Å². The zero-order valence-corrected chi connectivity index (χ0v) is 12.2. The van der Waals surface area contributed by atoms with Crippen LogP contribution in [0.2, 0.25) is 0 Å². The Bertz CT molecular complexity index is 439. The Morgan fingerprint density at radius 3 is 2.50 bits per heavy atom. The average Bonchev–Trinajstić information content (AvgIpc) is 2.85. The van der Waals surface area contributed by atoms with E-state index < -0.39 is 36.6 Å². The Morgan fingerprint density at radius 2 is 2.00 bits per heavy atom. The summed E-state index contributed by atoms with van der Waals surface area (Å²) in [4.78, 5) is 36.0. The number of carbonyl (C=O) groups is 3. The molecular weight excluding hydrogens is 305 g/mol. The second-order valence-corrected chi connectivity index (χ2v) is 5.21. The highest BCUT2D eigenvalue weighted by Gasteiger charge is 2.39. The molecule has 1 aliphatic heterocycles. The number of aliphatic carboxylic acids is 1. The van der Waals surface area contributed by atoms with E-state index in [4.69, 9.17) is 5.11 Å². The molecule has 0 aromatic heterocycles. The summed E-state index contributed by atoms with van der Waals surface area (Å²) in [5, 5.41) is 10.7. The van der Waals surface area contributed by atoms with Crippen LogP contribution in [0.4, 0.5) is 13.2 Å². The van der Waals surface area contributed by atoms with Crippen molar-refractivity contribution < 1.29 is 32.7 Å². The van der Waals surface area contributed by atoms with E-state index >= 15 is 0 Å². The van der Waals surface area contributed by atoms with Crippen LogP contribution < -0.4 is 5.32 Å². The van der Waals surface area contributed by atoms with Gasteiger partial charge in [0, 0.05) is 13.0 Å². The summed E-state index contributed by atoms with van der Waals surface area (Å²) in [6.45, 7) is 2.15. The van der Waals surface area contributed by atoms with Gasteiger partial charge in [0.25, 0.3) is 0 Å². The molecule has 2 amide bonds. The summed E-state index contributed by atoms with van der Waals surface area (Å²) in [6.07, 6.45) is -4.64. The van der Waals surface area contributed by atoms with Crippen LogP contribution in [0, 0.1) is 0 Å².